The highest BCUT2D eigenvalue weighted by Gasteiger charge is 2.09. The average molecular weight is 377 g/mol. The van der Waals surface area contributed by atoms with Crippen molar-refractivity contribution in [3.8, 4) is 0 Å². The first kappa shape index (κ1) is 17.4. The molecule has 0 saturated carbocycles. The zero-order chi connectivity index (χ0) is 16.1. The van der Waals surface area contributed by atoms with Gasteiger partial charge in [0, 0.05) is 33.1 Å². The Labute approximate surface area is 149 Å². The first-order valence-electron chi connectivity index (χ1n) is 6.61. The van der Waals surface area contributed by atoms with E-state index in [1.54, 1.807) is 36.4 Å². The van der Waals surface area contributed by atoms with E-state index in [9.17, 15) is 4.79 Å². The van der Waals surface area contributed by atoms with Crippen LogP contribution in [0.2, 0.25) is 20.1 Å². The minimum absolute atomic E-state index is 0.0954. The van der Waals surface area contributed by atoms with Gasteiger partial charge in [-0.3, -0.25) is 4.79 Å². The Morgan fingerprint density at radius 3 is 2.27 bits per heavy atom. The molecule has 0 atom stereocenters. The largest absolute Gasteiger partial charge is 0.352 e. The molecule has 2 nitrogen and oxygen atoms in total. The van der Waals surface area contributed by atoms with Crippen molar-refractivity contribution in [1.82, 2.24) is 5.32 Å². The summed E-state index contributed by atoms with van der Waals surface area (Å²) in [5.74, 6) is -0.0954. The van der Waals surface area contributed by atoms with Gasteiger partial charge in [0.1, 0.15) is 0 Å². The summed E-state index contributed by atoms with van der Waals surface area (Å²) in [7, 11) is 0. The molecule has 2 aromatic carbocycles. The highest BCUT2D eigenvalue weighted by Crippen LogP contribution is 2.25. The third-order valence-corrected chi connectivity index (χ3v) is 4.45. The van der Waals surface area contributed by atoms with Gasteiger partial charge in [-0.1, -0.05) is 58.5 Å². The normalized spacial score (nSPS) is 10.5. The van der Waals surface area contributed by atoms with E-state index in [1.165, 1.54) is 0 Å². The fourth-order valence-electron chi connectivity index (χ4n) is 1.96. The van der Waals surface area contributed by atoms with Gasteiger partial charge < -0.3 is 5.32 Å². The van der Waals surface area contributed by atoms with Crippen molar-refractivity contribution in [3.05, 3.63) is 67.6 Å². The van der Waals surface area contributed by atoms with Crippen LogP contribution in [-0.4, -0.2) is 5.91 Å². The van der Waals surface area contributed by atoms with Crippen molar-refractivity contribution in [2.24, 2.45) is 0 Å². The zero-order valence-corrected chi connectivity index (χ0v) is 14.5. The van der Waals surface area contributed by atoms with Crippen molar-refractivity contribution < 1.29 is 4.79 Å². The average Bonchev–Trinajstić information content (AvgIpc) is 2.46. The Morgan fingerprint density at radius 2 is 1.64 bits per heavy atom. The summed E-state index contributed by atoms with van der Waals surface area (Å²) < 4.78 is 0. The molecular weight excluding hydrogens is 364 g/mol. The molecule has 1 amide bonds. The number of carbonyl (C=O) groups is 1. The number of hydrogen-bond acceptors (Lipinski definition) is 1. The molecule has 6 heteroatoms. The summed E-state index contributed by atoms with van der Waals surface area (Å²) in [6, 6.07) is 10.5. The monoisotopic (exact) mass is 375 g/mol. The van der Waals surface area contributed by atoms with E-state index in [0.29, 0.717) is 39.5 Å². The smallest absolute Gasteiger partial charge is 0.220 e. The van der Waals surface area contributed by atoms with Crippen LogP contribution in [0.5, 0.6) is 0 Å². The number of nitrogens with one attached hydrogen (secondary N) is 1. The van der Waals surface area contributed by atoms with Gasteiger partial charge in [0.2, 0.25) is 5.91 Å². The molecule has 0 unspecified atom stereocenters. The molecule has 0 radical (unpaired) electrons. The molecular formula is C16H13Cl4NO. The Kier molecular flexibility index (Phi) is 6.39. The second-order valence-electron chi connectivity index (χ2n) is 4.71. The first-order valence-corrected chi connectivity index (χ1v) is 8.12. The van der Waals surface area contributed by atoms with Crippen LogP contribution in [0.25, 0.3) is 0 Å². The minimum Gasteiger partial charge on any atom is -0.352 e. The second-order valence-corrected chi connectivity index (χ2v) is 6.37. The van der Waals surface area contributed by atoms with E-state index in [2.05, 4.69) is 5.32 Å². The van der Waals surface area contributed by atoms with Gasteiger partial charge in [-0.2, -0.15) is 0 Å². The molecule has 0 saturated heterocycles. The molecule has 0 heterocycles. The maximum Gasteiger partial charge on any atom is 0.220 e. The molecule has 0 aliphatic carbocycles. The fraction of sp³-hybridized carbons (Fsp3) is 0.188. The molecule has 0 aliphatic rings. The van der Waals surface area contributed by atoms with Crippen LogP contribution >= 0.6 is 46.4 Å². The van der Waals surface area contributed by atoms with E-state index in [-0.39, 0.29) is 5.91 Å². The van der Waals surface area contributed by atoms with Crippen LogP contribution in [0.1, 0.15) is 17.5 Å². The van der Waals surface area contributed by atoms with Gasteiger partial charge in [-0.05, 0) is 41.8 Å². The summed E-state index contributed by atoms with van der Waals surface area (Å²) in [5, 5.41) is 5.05. The van der Waals surface area contributed by atoms with E-state index in [1.807, 2.05) is 0 Å². The van der Waals surface area contributed by atoms with Gasteiger partial charge in [0.15, 0.2) is 0 Å². The molecule has 116 valence electrons. The molecule has 0 aliphatic heterocycles. The molecule has 0 bridgehead atoms. The lowest BCUT2D eigenvalue weighted by atomic mass is 10.1. The van der Waals surface area contributed by atoms with Crippen LogP contribution in [0.15, 0.2) is 36.4 Å². The van der Waals surface area contributed by atoms with Gasteiger partial charge in [0.05, 0.1) is 0 Å². The summed E-state index contributed by atoms with van der Waals surface area (Å²) in [6.07, 6.45) is 0.785. The number of halogens is 4. The lowest BCUT2D eigenvalue weighted by Gasteiger charge is -2.09. The summed E-state index contributed by atoms with van der Waals surface area (Å²) in [5.41, 5.74) is 1.60. The predicted octanol–water partition coefficient (Wildman–Crippen LogP) is 5.55. The number of hydrogen-bond donors (Lipinski definition) is 1. The van der Waals surface area contributed by atoms with Crippen molar-refractivity contribution in [1.29, 1.82) is 0 Å². The van der Waals surface area contributed by atoms with Crippen LogP contribution in [0, 0.1) is 0 Å². The van der Waals surface area contributed by atoms with Gasteiger partial charge in [-0.15, -0.1) is 0 Å². The standard InChI is InChI=1S/C16H13Cl4NO/c17-11-5-4-10(15(20)8-11)9-21-16(22)7-6-12-13(18)2-1-3-14(12)19/h1-5,8H,6-7,9H2,(H,21,22). The first-order chi connectivity index (χ1) is 10.5. The SMILES string of the molecule is O=C(CCc1c(Cl)cccc1Cl)NCc1ccc(Cl)cc1Cl. The highest BCUT2D eigenvalue weighted by molar-refractivity contribution is 6.36. The molecule has 2 rings (SSSR count). The second kappa shape index (κ2) is 8.07. The molecule has 1 N–H and O–H groups in total. The van der Waals surface area contributed by atoms with Crippen molar-refractivity contribution in [2.45, 2.75) is 19.4 Å². The minimum atomic E-state index is -0.0954. The van der Waals surface area contributed by atoms with Gasteiger partial charge >= 0.3 is 0 Å². The molecule has 22 heavy (non-hydrogen) atoms. The zero-order valence-electron chi connectivity index (χ0n) is 11.5. The summed E-state index contributed by atoms with van der Waals surface area (Å²) in [4.78, 5) is 11.9. The van der Waals surface area contributed by atoms with Crippen LogP contribution < -0.4 is 5.32 Å². The Balaban J connectivity index is 1.88. The van der Waals surface area contributed by atoms with Gasteiger partial charge in [0.25, 0.3) is 0 Å². The lowest BCUT2D eigenvalue weighted by molar-refractivity contribution is -0.121. The molecule has 0 aromatic heterocycles. The quantitative estimate of drug-likeness (QED) is 0.728. The topological polar surface area (TPSA) is 29.1 Å². The van der Waals surface area contributed by atoms with Crippen molar-refractivity contribution in [2.75, 3.05) is 0 Å². The van der Waals surface area contributed by atoms with E-state index < -0.39 is 0 Å². The third-order valence-electron chi connectivity index (χ3n) is 3.15. The van der Waals surface area contributed by atoms with Crippen LogP contribution in [0.3, 0.4) is 0 Å². The summed E-state index contributed by atoms with van der Waals surface area (Å²) >= 11 is 24.0. The Bertz CT molecular complexity index is 668. The molecule has 2 aromatic rings. The number of carbonyl (C=O) groups excluding carboxylic acids is 1. The van der Waals surface area contributed by atoms with Gasteiger partial charge in [-0.25, -0.2) is 0 Å². The van der Waals surface area contributed by atoms with Crippen LogP contribution in [-0.2, 0) is 17.8 Å². The van der Waals surface area contributed by atoms with E-state index >= 15 is 0 Å². The maximum absolute atomic E-state index is 11.9. The molecule has 0 spiro atoms. The van der Waals surface area contributed by atoms with E-state index in [4.69, 9.17) is 46.4 Å². The lowest BCUT2D eigenvalue weighted by Crippen LogP contribution is -2.23. The third kappa shape index (κ3) is 4.79. The van der Waals surface area contributed by atoms with Crippen LogP contribution in [0.4, 0.5) is 0 Å². The Morgan fingerprint density at radius 1 is 0.955 bits per heavy atom. The fourth-order valence-corrected chi connectivity index (χ4v) is 3.02. The van der Waals surface area contributed by atoms with Crippen molar-refractivity contribution in [3.63, 3.8) is 0 Å². The molecule has 0 fully saturated rings. The predicted molar refractivity (Wildman–Crippen MR) is 93.1 cm³/mol. The number of amides is 1. The number of benzene rings is 2. The summed E-state index contributed by atoms with van der Waals surface area (Å²) in [6.45, 7) is 0.352. The Hall–Kier alpha value is -0.930. The number of rotatable bonds is 5. The van der Waals surface area contributed by atoms with E-state index in [0.717, 1.165) is 11.1 Å². The highest BCUT2D eigenvalue weighted by atomic mass is 35.5. The maximum atomic E-state index is 11.9. The van der Waals surface area contributed by atoms with Crippen molar-refractivity contribution >= 4 is 52.3 Å².